The Balaban J connectivity index is 1.85. The van der Waals surface area contributed by atoms with E-state index in [1.807, 2.05) is 0 Å². The van der Waals surface area contributed by atoms with Crippen LogP contribution >= 0.6 is 11.6 Å². The summed E-state index contributed by atoms with van der Waals surface area (Å²) in [5.74, 6) is 0.566. The highest BCUT2D eigenvalue weighted by Gasteiger charge is 2.34. The third-order valence-corrected chi connectivity index (χ3v) is 5.44. The molecule has 0 radical (unpaired) electrons. The maximum absolute atomic E-state index is 13.3. The Hall–Kier alpha value is -2.68. The highest BCUT2D eigenvalue weighted by Crippen LogP contribution is 2.40. The molecular formula is C21H16ClF6N3. The van der Waals surface area contributed by atoms with Gasteiger partial charge in [0, 0.05) is 17.7 Å². The lowest BCUT2D eigenvalue weighted by Crippen LogP contribution is -2.08. The molecule has 2 heterocycles. The molecule has 164 valence electrons. The number of anilines is 1. The van der Waals surface area contributed by atoms with Gasteiger partial charge in [0.2, 0.25) is 0 Å². The fourth-order valence-corrected chi connectivity index (χ4v) is 3.83. The van der Waals surface area contributed by atoms with Gasteiger partial charge in [-0.2, -0.15) is 31.4 Å². The molecule has 1 aliphatic heterocycles. The van der Waals surface area contributed by atoms with Gasteiger partial charge in [-0.1, -0.05) is 17.7 Å². The minimum absolute atomic E-state index is 0.238. The second-order valence-electron chi connectivity index (χ2n) is 7.21. The minimum atomic E-state index is -4.63. The van der Waals surface area contributed by atoms with Crippen LogP contribution in [0.2, 0.25) is 5.02 Å². The molecule has 2 aromatic carbocycles. The largest absolute Gasteiger partial charge is 0.417 e. The van der Waals surface area contributed by atoms with Crippen LogP contribution < -0.4 is 5.32 Å². The van der Waals surface area contributed by atoms with E-state index in [2.05, 4.69) is 10.4 Å². The smallest absolute Gasteiger partial charge is 0.370 e. The number of hydrogen-bond donors (Lipinski definition) is 1. The number of aromatic nitrogens is 2. The molecule has 0 bridgehead atoms. The number of alkyl halides is 6. The van der Waals surface area contributed by atoms with Crippen molar-refractivity contribution in [2.75, 3.05) is 11.9 Å². The number of nitrogens with one attached hydrogen (secondary N) is 1. The standard InChI is InChI=1S/C21H16ClF6N3/c22-17-9-4-12(11-16(17)21(26,27)28)18-15-3-1-2-10-29-19(15)31(30-18)14-7-5-13(6-8-14)20(23,24)25/h4-9,11,29H,1-3,10H2. The van der Waals surface area contributed by atoms with Crippen LogP contribution in [0.4, 0.5) is 32.2 Å². The van der Waals surface area contributed by atoms with E-state index in [0.29, 0.717) is 35.7 Å². The van der Waals surface area contributed by atoms with Gasteiger partial charge in [-0.25, -0.2) is 4.68 Å². The monoisotopic (exact) mass is 459 g/mol. The van der Waals surface area contributed by atoms with Crippen LogP contribution in [-0.4, -0.2) is 16.3 Å². The predicted octanol–water partition coefficient (Wildman–Crippen LogP) is 6.98. The Morgan fingerprint density at radius 2 is 1.61 bits per heavy atom. The summed E-state index contributed by atoms with van der Waals surface area (Å²) in [6.07, 6.45) is -6.89. The lowest BCUT2D eigenvalue weighted by Gasteiger charge is -2.11. The van der Waals surface area contributed by atoms with E-state index in [-0.39, 0.29) is 5.56 Å². The third kappa shape index (κ3) is 4.23. The van der Waals surface area contributed by atoms with Gasteiger partial charge in [-0.3, -0.25) is 0 Å². The second-order valence-corrected chi connectivity index (χ2v) is 7.62. The van der Waals surface area contributed by atoms with E-state index < -0.39 is 28.5 Å². The van der Waals surface area contributed by atoms with E-state index in [4.69, 9.17) is 11.6 Å². The fourth-order valence-electron chi connectivity index (χ4n) is 3.60. The predicted molar refractivity (Wildman–Crippen MR) is 105 cm³/mol. The lowest BCUT2D eigenvalue weighted by molar-refractivity contribution is -0.138. The first-order chi connectivity index (χ1) is 14.6. The average Bonchev–Trinajstić information content (AvgIpc) is 2.88. The third-order valence-electron chi connectivity index (χ3n) is 5.11. The summed E-state index contributed by atoms with van der Waals surface area (Å²) in [5.41, 5.74) is -0.0992. The van der Waals surface area contributed by atoms with Crippen LogP contribution in [-0.2, 0) is 18.8 Å². The quantitative estimate of drug-likeness (QED) is 0.419. The maximum atomic E-state index is 13.3. The van der Waals surface area contributed by atoms with Gasteiger partial charge in [0.05, 0.1) is 27.5 Å². The Kier molecular flexibility index (Phi) is 5.41. The first kappa shape index (κ1) is 21.5. The number of rotatable bonds is 2. The number of hydrogen-bond acceptors (Lipinski definition) is 2. The van der Waals surface area contributed by atoms with Crippen LogP contribution in [0.5, 0.6) is 0 Å². The molecule has 0 aliphatic carbocycles. The van der Waals surface area contributed by atoms with Gasteiger partial charge in [-0.05, 0) is 55.7 Å². The van der Waals surface area contributed by atoms with Crippen molar-refractivity contribution in [1.82, 2.24) is 9.78 Å². The number of nitrogens with zero attached hydrogens (tertiary/aromatic N) is 2. The Morgan fingerprint density at radius 3 is 2.26 bits per heavy atom. The van der Waals surface area contributed by atoms with Crippen molar-refractivity contribution < 1.29 is 26.3 Å². The zero-order valence-electron chi connectivity index (χ0n) is 15.9. The maximum Gasteiger partial charge on any atom is 0.417 e. The van der Waals surface area contributed by atoms with Crippen molar-refractivity contribution in [2.45, 2.75) is 31.6 Å². The topological polar surface area (TPSA) is 29.9 Å². The lowest BCUT2D eigenvalue weighted by atomic mass is 10.0. The molecular weight excluding hydrogens is 444 g/mol. The molecule has 1 aliphatic rings. The number of benzene rings is 2. The summed E-state index contributed by atoms with van der Waals surface area (Å²) in [6, 6.07) is 8.06. The van der Waals surface area contributed by atoms with Gasteiger partial charge in [0.25, 0.3) is 0 Å². The highest BCUT2D eigenvalue weighted by molar-refractivity contribution is 6.31. The first-order valence-corrected chi connectivity index (χ1v) is 9.84. The first-order valence-electron chi connectivity index (χ1n) is 9.46. The van der Waals surface area contributed by atoms with Crippen molar-refractivity contribution in [3.63, 3.8) is 0 Å². The summed E-state index contributed by atoms with van der Waals surface area (Å²) in [4.78, 5) is 0. The van der Waals surface area contributed by atoms with Crippen LogP contribution in [0.3, 0.4) is 0 Å². The molecule has 1 aromatic heterocycles. The molecule has 0 saturated carbocycles. The van der Waals surface area contributed by atoms with Crippen molar-refractivity contribution in [3.8, 4) is 16.9 Å². The molecule has 31 heavy (non-hydrogen) atoms. The summed E-state index contributed by atoms with van der Waals surface area (Å²) in [7, 11) is 0. The fraction of sp³-hybridized carbons (Fsp3) is 0.286. The van der Waals surface area contributed by atoms with Crippen molar-refractivity contribution in [3.05, 3.63) is 64.2 Å². The minimum Gasteiger partial charge on any atom is -0.370 e. The van der Waals surface area contributed by atoms with Crippen LogP contribution in [0.1, 0.15) is 29.5 Å². The molecule has 0 spiro atoms. The van der Waals surface area contributed by atoms with E-state index in [1.165, 1.54) is 28.9 Å². The molecule has 10 heteroatoms. The number of fused-ring (bicyclic) bond motifs is 1. The van der Waals surface area contributed by atoms with E-state index in [9.17, 15) is 26.3 Å². The summed E-state index contributed by atoms with van der Waals surface area (Å²) in [6.45, 7) is 0.618. The molecule has 0 unspecified atom stereocenters. The van der Waals surface area contributed by atoms with Gasteiger partial charge in [-0.15, -0.1) is 0 Å². The van der Waals surface area contributed by atoms with Crippen molar-refractivity contribution in [1.29, 1.82) is 0 Å². The van der Waals surface area contributed by atoms with Crippen molar-refractivity contribution in [2.24, 2.45) is 0 Å². The molecule has 3 aromatic rings. The Morgan fingerprint density at radius 1 is 0.903 bits per heavy atom. The summed E-state index contributed by atoms with van der Waals surface area (Å²) < 4.78 is 80.2. The highest BCUT2D eigenvalue weighted by atomic mass is 35.5. The van der Waals surface area contributed by atoms with Gasteiger partial charge in [0.1, 0.15) is 5.82 Å². The average molecular weight is 460 g/mol. The molecule has 4 rings (SSSR count). The molecule has 1 N–H and O–H groups in total. The van der Waals surface area contributed by atoms with E-state index >= 15 is 0 Å². The van der Waals surface area contributed by atoms with Crippen LogP contribution in [0, 0.1) is 0 Å². The summed E-state index contributed by atoms with van der Waals surface area (Å²) >= 11 is 5.74. The van der Waals surface area contributed by atoms with Gasteiger partial charge in [0.15, 0.2) is 0 Å². The number of halogens is 7. The normalized spacial score (nSPS) is 14.7. The molecule has 3 nitrogen and oxygen atoms in total. The molecule has 0 fully saturated rings. The SMILES string of the molecule is FC(F)(F)c1ccc(-n2nc(-c3ccc(Cl)c(C(F)(F)F)c3)c3c2NCCCC3)cc1. The Labute approximate surface area is 178 Å². The van der Waals surface area contributed by atoms with Gasteiger partial charge >= 0.3 is 12.4 Å². The van der Waals surface area contributed by atoms with E-state index in [0.717, 1.165) is 31.0 Å². The van der Waals surface area contributed by atoms with Gasteiger partial charge < -0.3 is 5.32 Å². The molecule has 0 amide bonds. The summed E-state index contributed by atoms with van der Waals surface area (Å²) in [5, 5.41) is 7.28. The van der Waals surface area contributed by atoms with Crippen LogP contribution in [0.25, 0.3) is 16.9 Å². The molecule has 0 atom stereocenters. The van der Waals surface area contributed by atoms with Crippen molar-refractivity contribution >= 4 is 17.4 Å². The van der Waals surface area contributed by atoms with E-state index in [1.54, 1.807) is 0 Å². The zero-order chi connectivity index (χ0) is 22.4. The van der Waals surface area contributed by atoms with Crippen LogP contribution in [0.15, 0.2) is 42.5 Å². The molecule has 0 saturated heterocycles. The zero-order valence-corrected chi connectivity index (χ0v) is 16.7. The second kappa shape index (κ2) is 7.78. The Bertz CT molecular complexity index is 1100.